The fourth-order valence-electron chi connectivity index (χ4n) is 1.98. The van der Waals surface area contributed by atoms with Crippen molar-refractivity contribution in [3.63, 3.8) is 0 Å². The number of amides is 1. The van der Waals surface area contributed by atoms with Gasteiger partial charge in [-0.05, 0) is 30.1 Å². The number of rotatable bonds is 3. The van der Waals surface area contributed by atoms with Crippen molar-refractivity contribution in [2.45, 2.75) is 25.3 Å². The van der Waals surface area contributed by atoms with Crippen LogP contribution in [-0.2, 0) is 19.2 Å². The quantitative estimate of drug-likeness (QED) is 0.830. The average molecular weight is 292 g/mol. The Balaban J connectivity index is 2.14. The first-order chi connectivity index (χ1) is 10.1. The third-order valence-electron chi connectivity index (χ3n) is 3.06. The van der Waals surface area contributed by atoms with Gasteiger partial charge in [0, 0.05) is 6.42 Å². The normalized spacial score (nSPS) is 19.3. The zero-order valence-electron chi connectivity index (χ0n) is 11.6. The summed E-state index contributed by atoms with van der Waals surface area (Å²) in [6.07, 6.45) is 1.12. The molecule has 0 aliphatic carbocycles. The number of benzene rings is 1. The molecule has 1 aliphatic heterocycles. The van der Waals surface area contributed by atoms with Crippen LogP contribution < -0.4 is 5.43 Å². The maximum Gasteiger partial charge on any atom is 0.358 e. The Labute approximate surface area is 121 Å². The molecule has 0 bridgehead atoms. The van der Waals surface area contributed by atoms with Crippen LogP contribution in [0.3, 0.4) is 0 Å². The molecule has 21 heavy (non-hydrogen) atoms. The highest BCUT2D eigenvalue weighted by Gasteiger charge is 2.34. The van der Waals surface area contributed by atoms with Gasteiger partial charge in [-0.15, -0.1) is 0 Å². The van der Waals surface area contributed by atoms with Crippen LogP contribution in [0.4, 0.5) is 0 Å². The molecule has 0 aromatic heterocycles. The van der Waals surface area contributed by atoms with E-state index in [4.69, 9.17) is 4.84 Å². The van der Waals surface area contributed by atoms with Gasteiger partial charge in [0.05, 0.1) is 12.7 Å². The summed E-state index contributed by atoms with van der Waals surface area (Å²) >= 11 is 0. The molecule has 1 atom stereocenters. The van der Waals surface area contributed by atoms with E-state index in [-0.39, 0.29) is 12.3 Å². The molecule has 0 spiro atoms. The molecule has 1 aromatic rings. The first-order valence-electron chi connectivity index (χ1n) is 6.55. The second kappa shape index (κ2) is 6.85. The topological polar surface area (TPSA) is 84.9 Å². The molecule has 0 saturated carbocycles. The van der Waals surface area contributed by atoms with E-state index in [1.54, 1.807) is 30.3 Å². The molecule has 0 radical (unpaired) electrons. The van der Waals surface area contributed by atoms with Gasteiger partial charge in [-0.3, -0.25) is 15.0 Å². The maximum atomic E-state index is 12.0. The van der Waals surface area contributed by atoms with E-state index in [1.807, 2.05) is 0 Å². The molecular formula is C14H16N2O5. The van der Waals surface area contributed by atoms with E-state index in [2.05, 4.69) is 10.2 Å². The van der Waals surface area contributed by atoms with Crippen molar-refractivity contribution in [2.75, 3.05) is 7.11 Å². The Morgan fingerprint density at radius 3 is 2.67 bits per heavy atom. The molecular weight excluding hydrogens is 276 g/mol. The number of hydrazine groups is 1. The fraction of sp³-hybridized carbons (Fsp3) is 0.357. The molecule has 7 heteroatoms. The molecule has 1 unspecified atom stereocenters. The predicted molar refractivity (Wildman–Crippen MR) is 71.5 cm³/mol. The van der Waals surface area contributed by atoms with Gasteiger partial charge in [0.15, 0.2) is 6.04 Å². The van der Waals surface area contributed by atoms with Gasteiger partial charge in [-0.25, -0.2) is 4.79 Å². The van der Waals surface area contributed by atoms with Gasteiger partial charge in [0.1, 0.15) is 0 Å². The maximum absolute atomic E-state index is 12.0. The first-order valence-corrected chi connectivity index (χ1v) is 6.55. The van der Waals surface area contributed by atoms with Crippen LogP contribution in [0, 0.1) is 0 Å². The summed E-state index contributed by atoms with van der Waals surface area (Å²) < 4.78 is 4.67. The summed E-state index contributed by atoms with van der Waals surface area (Å²) in [5.41, 5.74) is 2.71. The van der Waals surface area contributed by atoms with Crippen LogP contribution in [0.5, 0.6) is 0 Å². The Hall–Kier alpha value is -2.41. The minimum Gasteiger partial charge on any atom is -0.468 e. The lowest BCUT2D eigenvalue weighted by Gasteiger charge is -2.25. The van der Waals surface area contributed by atoms with E-state index in [0.717, 1.165) is 5.17 Å². The zero-order valence-corrected chi connectivity index (χ0v) is 11.6. The van der Waals surface area contributed by atoms with Crippen LogP contribution in [-0.4, -0.2) is 36.2 Å². The minimum absolute atomic E-state index is 0.257. The third-order valence-corrected chi connectivity index (χ3v) is 3.06. The summed E-state index contributed by atoms with van der Waals surface area (Å²) in [7, 11) is 1.24. The van der Waals surface area contributed by atoms with Crippen molar-refractivity contribution in [1.29, 1.82) is 0 Å². The number of carbonyl (C=O) groups excluding carboxylic acids is 3. The van der Waals surface area contributed by atoms with E-state index in [9.17, 15) is 14.4 Å². The number of hydrogen-bond donors (Lipinski definition) is 1. The SMILES string of the molecule is COC(=O)C1CCCC(=O)NN1OC(=O)c1ccccc1. The lowest BCUT2D eigenvalue weighted by Crippen LogP contribution is -2.51. The van der Waals surface area contributed by atoms with Crippen LogP contribution >= 0.6 is 0 Å². The molecule has 1 aliphatic rings. The van der Waals surface area contributed by atoms with Crippen molar-refractivity contribution >= 4 is 17.8 Å². The van der Waals surface area contributed by atoms with Gasteiger partial charge in [0.2, 0.25) is 5.91 Å². The van der Waals surface area contributed by atoms with Crippen molar-refractivity contribution in [1.82, 2.24) is 10.6 Å². The van der Waals surface area contributed by atoms with E-state index in [1.165, 1.54) is 7.11 Å². The summed E-state index contributed by atoms with van der Waals surface area (Å²) in [6.45, 7) is 0. The predicted octanol–water partition coefficient (Wildman–Crippen LogP) is 0.817. The van der Waals surface area contributed by atoms with Crippen LogP contribution in [0.15, 0.2) is 30.3 Å². The molecule has 1 saturated heterocycles. The van der Waals surface area contributed by atoms with E-state index >= 15 is 0 Å². The lowest BCUT2D eigenvalue weighted by molar-refractivity contribution is -0.194. The molecule has 7 nitrogen and oxygen atoms in total. The monoisotopic (exact) mass is 292 g/mol. The number of nitrogens with one attached hydrogen (secondary N) is 1. The van der Waals surface area contributed by atoms with Crippen molar-refractivity contribution in [3.05, 3.63) is 35.9 Å². The Morgan fingerprint density at radius 1 is 1.29 bits per heavy atom. The van der Waals surface area contributed by atoms with Crippen LogP contribution in [0.2, 0.25) is 0 Å². The summed E-state index contributed by atoms with van der Waals surface area (Å²) in [4.78, 5) is 40.5. The first kappa shape index (κ1) is 15.0. The van der Waals surface area contributed by atoms with Crippen LogP contribution in [0.25, 0.3) is 0 Å². The summed E-state index contributed by atoms with van der Waals surface area (Å²) in [5, 5.41) is 0.885. The smallest absolute Gasteiger partial charge is 0.358 e. The second-order valence-corrected chi connectivity index (χ2v) is 4.54. The molecule has 112 valence electrons. The average Bonchev–Trinajstić information content (AvgIpc) is 2.68. The van der Waals surface area contributed by atoms with Gasteiger partial charge in [-0.2, -0.15) is 0 Å². The fourth-order valence-corrected chi connectivity index (χ4v) is 1.98. The lowest BCUT2D eigenvalue weighted by atomic mass is 10.1. The Bertz CT molecular complexity index is 531. The Morgan fingerprint density at radius 2 is 2.00 bits per heavy atom. The van der Waals surface area contributed by atoms with E-state index in [0.29, 0.717) is 18.4 Å². The van der Waals surface area contributed by atoms with Gasteiger partial charge in [-0.1, -0.05) is 18.2 Å². The summed E-state index contributed by atoms with van der Waals surface area (Å²) in [5.74, 6) is -1.55. The number of methoxy groups -OCH3 is 1. The van der Waals surface area contributed by atoms with Gasteiger partial charge < -0.3 is 9.57 Å². The third kappa shape index (κ3) is 3.79. The van der Waals surface area contributed by atoms with Crippen molar-refractivity contribution < 1.29 is 24.0 Å². The molecule has 1 heterocycles. The standard InChI is InChI=1S/C14H16N2O5/c1-20-14(19)11-8-5-9-12(17)15-16(11)21-13(18)10-6-3-2-4-7-10/h2-4,6-7,11H,5,8-9H2,1H3,(H,15,17). The minimum atomic E-state index is -0.853. The largest absolute Gasteiger partial charge is 0.468 e. The molecule has 1 N–H and O–H groups in total. The second-order valence-electron chi connectivity index (χ2n) is 4.54. The van der Waals surface area contributed by atoms with E-state index < -0.39 is 18.0 Å². The molecule has 1 aromatic carbocycles. The number of ether oxygens (including phenoxy) is 1. The van der Waals surface area contributed by atoms with Crippen LogP contribution in [0.1, 0.15) is 29.6 Å². The Kier molecular flexibility index (Phi) is 4.89. The molecule has 1 amide bonds. The zero-order chi connectivity index (χ0) is 15.2. The number of hydrogen-bond acceptors (Lipinski definition) is 6. The number of nitrogens with zero attached hydrogens (tertiary/aromatic N) is 1. The molecule has 1 fully saturated rings. The number of hydroxylamine groups is 1. The highest BCUT2D eigenvalue weighted by molar-refractivity contribution is 5.89. The molecule has 2 rings (SSSR count). The van der Waals surface area contributed by atoms with Gasteiger partial charge >= 0.3 is 11.9 Å². The summed E-state index contributed by atoms with van der Waals surface area (Å²) in [6, 6.07) is 7.45. The number of carbonyl (C=O) groups is 3. The number of esters is 1. The highest BCUT2D eigenvalue weighted by Crippen LogP contribution is 2.15. The van der Waals surface area contributed by atoms with Gasteiger partial charge in [0.25, 0.3) is 0 Å². The highest BCUT2D eigenvalue weighted by atomic mass is 16.7. The van der Waals surface area contributed by atoms with Crippen molar-refractivity contribution in [2.24, 2.45) is 0 Å². The van der Waals surface area contributed by atoms with Crippen molar-refractivity contribution in [3.8, 4) is 0 Å².